The summed E-state index contributed by atoms with van der Waals surface area (Å²) in [7, 11) is 1.22. The molecule has 9 heteroatoms. The molecule has 0 heterocycles. The average Bonchev–Trinajstić information content (AvgIpc) is 3.29. The van der Waals surface area contributed by atoms with E-state index in [1.165, 1.54) is 30.9 Å². The number of hydrogen-bond donors (Lipinski definition) is 3. The first-order valence-electron chi connectivity index (χ1n) is 15.3. The van der Waals surface area contributed by atoms with Gasteiger partial charge in [-0.25, -0.2) is 4.79 Å². The number of hydrogen-bond acceptors (Lipinski definition) is 8. The fourth-order valence-electron chi connectivity index (χ4n) is 8.67. The highest BCUT2D eigenvalue weighted by Gasteiger charge is 2.60. The predicted molar refractivity (Wildman–Crippen MR) is 153 cm³/mol. The van der Waals surface area contributed by atoms with Crippen LogP contribution in [-0.2, 0) is 35.1 Å². The molecule has 9 nitrogen and oxygen atoms in total. The number of rotatable bonds is 8. The molecule has 5 unspecified atom stereocenters. The molecule has 0 saturated heterocycles. The highest BCUT2D eigenvalue weighted by atomic mass is 16.5. The van der Waals surface area contributed by atoms with Crippen molar-refractivity contribution in [3.05, 3.63) is 35.4 Å². The first kappa shape index (κ1) is 30.1. The second-order valence-electron chi connectivity index (χ2n) is 13.2. The van der Waals surface area contributed by atoms with E-state index in [0.717, 1.165) is 44.9 Å². The lowest BCUT2D eigenvalue weighted by Crippen LogP contribution is -2.51. The first-order valence-corrected chi connectivity index (χ1v) is 15.3. The average molecular weight is 582 g/mol. The van der Waals surface area contributed by atoms with Crippen molar-refractivity contribution in [2.24, 2.45) is 28.6 Å². The van der Waals surface area contributed by atoms with Crippen LogP contribution in [-0.4, -0.2) is 53.1 Å². The lowest BCUT2D eigenvalue weighted by molar-refractivity contribution is -0.160. The van der Waals surface area contributed by atoms with E-state index in [0.29, 0.717) is 29.7 Å². The molecule has 0 radical (unpaired) electrons. The van der Waals surface area contributed by atoms with Crippen LogP contribution < -0.4 is 5.32 Å². The Morgan fingerprint density at radius 2 is 1.79 bits per heavy atom. The SMILES string of the molecule is COC(=O)C(Cc1ccc(O)c(O)c1)NC(=O)CCC(=O)OC1CCC2C3CCC4=CC(=O)CC[C@]4(C)C3CC[C@]12C. The molecule has 0 spiro atoms. The van der Waals surface area contributed by atoms with Crippen molar-refractivity contribution in [3.63, 3.8) is 0 Å². The quantitative estimate of drug-likeness (QED) is 0.301. The fourth-order valence-corrected chi connectivity index (χ4v) is 8.67. The molecule has 1 aromatic carbocycles. The predicted octanol–water partition coefficient (Wildman–Crippen LogP) is 4.52. The summed E-state index contributed by atoms with van der Waals surface area (Å²) >= 11 is 0. The van der Waals surface area contributed by atoms with E-state index < -0.39 is 23.9 Å². The third kappa shape index (κ3) is 5.66. The topological polar surface area (TPSA) is 139 Å². The zero-order valence-electron chi connectivity index (χ0n) is 24.8. The zero-order chi connectivity index (χ0) is 30.2. The summed E-state index contributed by atoms with van der Waals surface area (Å²) in [6, 6.07) is 3.15. The van der Waals surface area contributed by atoms with Crippen molar-refractivity contribution in [2.75, 3.05) is 7.11 Å². The van der Waals surface area contributed by atoms with E-state index in [-0.39, 0.29) is 53.5 Å². The Balaban J connectivity index is 1.15. The number of fused-ring (bicyclic) bond motifs is 5. The standard InChI is InChI=1S/C33H43NO8/c1-32-14-12-21(35)18-20(32)5-6-22-23-7-9-28(33(23,2)15-13-24(22)32)42-30(39)11-10-29(38)34-25(31(40)41-3)16-19-4-8-26(36)27(37)17-19/h4,8,17-18,22-25,28,36-37H,5-7,9-16H2,1-3H3,(H,34,38)/t22?,23?,24?,25?,28?,32-,33-/m0/s1. The van der Waals surface area contributed by atoms with Gasteiger partial charge < -0.3 is 25.0 Å². The van der Waals surface area contributed by atoms with Gasteiger partial charge in [0.1, 0.15) is 12.1 Å². The molecule has 5 rings (SSSR count). The number of carbonyl (C=O) groups excluding carboxylic acids is 4. The van der Waals surface area contributed by atoms with Crippen LogP contribution in [0.3, 0.4) is 0 Å². The summed E-state index contributed by atoms with van der Waals surface area (Å²) in [5.41, 5.74) is 1.88. The van der Waals surface area contributed by atoms with Crippen molar-refractivity contribution in [3.8, 4) is 11.5 Å². The van der Waals surface area contributed by atoms with Gasteiger partial charge in [0, 0.05) is 24.7 Å². The number of nitrogens with one attached hydrogen (secondary N) is 1. The largest absolute Gasteiger partial charge is 0.504 e. The summed E-state index contributed by atoms with van der Waals surface area (Å²) < 4.78 is 10.9. The minimum absolute atomic E-state index is 0.0489. The van der Waals surface area contributed by atoms with E-state index in [1.54, 1.807) is 0 Å². The number of ketones is 1. The van der Waals surface area contributed by atoms with Crippen LogP contribution >= 0.6 is 0 Å². The second kappa shape index (κ2) is 11.7. The van der Waals surface area contributed by atoms with Crippen LogP contribution in [0.5, 0.6) is 11.5 Å². The summed E-state index contributed by atoms with van der Waals surface area (Å²) in [6.45, 7) is 4.63. The van der Waals surface area contributed by atoms with Crippen LogP contribution in [0.1, 0.15) is 83.6 Å². The summed E-state index contributed by atoms with van der Waals surface area (Å²) in [6.07, 6.45) is 9.13. The van der Waals surface area contributed by atoms with Gasteiger partial charge in [-0.1, -0.05) is 25.5 Å². The molecule has 3 N–H and O–H groups in total. The zero-order valence-corrected chi connectivity index (χ0v) is 24.8. The van der Waals surface area contributed by atoms with E-state index >= 15 is 0 Å². The maximum Gasteiger partial charge on any atom is 0.328 e. The Kier molecular flexibility index (Phi) is 8.41. The Morgan fingerprint density at radius 3 is 2.52 bits per heavy atom. The summed E-state index contributed by atoms with van der Waals surface area (Å²) in [5, 5.41) is 21.9. The van der Waals surface area contributed by atoms with Gasteiger partial charge in [-0.15, -0.1) is 0 Å². The Labute approximate surface area is 247 Å². The second-order valence-corrected chi connectivity index (χ2v) is 13.2. The van der Waals surface area contributed by atoms with E-state index in [1.807, 2.05) is 6.08 Å². The number of methoxy groups -OCH3 is 1. The van der Waals surface area contributed by atoms with Crippen molar-refractivity contribution < 1.29 is 38.9 Å². The molecule has 228 valence electrons. The third-order valence-corrected chi connectivity index (χ3v) is 11.0. The molecule has 1 aromatic rings. The summed E-state index contributed by atoms with van der Waals surface area (Å²) in [4.78, 5) is 50.0. The number of carbonyl (C=O) groups is 4. The number of phenolic OH excluding ortho intramolecular Hbond substituents is 2. The molecule has 42 heavy (non-hydrogen) atoms. The molecular weight excluding hydrogens is 538 g/mol. The van der Waals surface area contributed by atoms with Crippen LogP contribution in [0.15, 0.2) is 29.8 Å². The smallest absolute Gasteiger partial charge is 0.328 e. The van der Waals surface area contributed by atoms with Gasteiger partial charge in [-0.3, -0.25) is 14.4 Å². The molecule has 0 aromatic heterocycles. The molecular formula is C33H43NO8. The molecule has 4 aliphatic rings. The van der Waals surface area contributed by atoms with E-state index in [2.05, 4.69) is 19.2 Å². The lowest BCUT2D eigenvalue weighted by Gasteiger charge is -2.57. The number of aromatic hydroxyl groups is 2. The van der Waals surface area contributed by atoms with Gasteiger partial charge in [-0.05, 0) is 91.9 Å². The van der Waals surface area contributed by atoms with Crippen LogP contribution in [0.2, 0.25) is 0 Å². The number of phenols is 2. The number of allylic oxidation sites excluding steroid dienone is 1. The van der Waals surface area contributed by atoms with Crippen molar-refractivity contribution in [1.82, 2.24) is 5.32 Å². The molecule has 7 atom stereocenters. The van der Waals surface area contributed by atoms with E-state index in [4.69, 9.17) is 9.47 Å². The molecule has 3 saturated carbocycles. The number of esters is 2. The van der Waals surface area contributed by atoms with Gasteiger partial charge >= 0.3 is 11.9 Å². The maximum absolute atomic E-state index is 12.9. The minimum atomic E-state index is -1.01. The van der Waals surface area contributed by atoms with Gasteiger partial charge in [0.2, 0.25) is 5.91 Å². The maximum atomic E-state index is 12.9. The van der Waals surface area contributed by atoms with Crippen LogP contribution in [0, 0.1) is 28.6 Å². The molecule has 1 amide bonds. The normalized spacial score (nSPS) is 32.5. The first-order chi connectivity index (χ1) is 19.9. The van der Waals surface area contributed by atoms with Crippen molar-refractivity contribution in [1.29, 1.82) is 0 Å². The third-order valence-electron chi connectivity index (χ3n) is 11.0. The summed E-state index contributed by atoms with van der Waals surface area (Å²) in [5.74, 6) is -0.281. The number of amides is 1. The van der Waals surface area contributed by atoms with Gasteiger partial charge in [0.25, 0.3) is 0 Å². The van der Waals surface area contributed by atoms with Crippen molar-refractivity contribution >= 4 is 23.6 Å². The lowest BCUT2D eigenvalue weighted by atomic mass is 9.47. The number of benzene rings is 1. The van der Waals surface area contributed by atoms with E-state index in [9.17, 15) is 29.4 Å². The van der Waals surface area contributed by atoms with Gasteiger partial charge in [-0.2, -0.15) is 0 Å². The van der Waals surface area contributed by atoms with Crippen LogP contribution in [0.25, 0.3) is 0 Å². The molecule has 4 aliphatic carbocycles. The van der Waals surface area contributed by atoms with Crippen LogP contribution in [0.4, 0.5) is 0 Å². The number of ether oxygens (including phenoxy) is 2. The van der Waals surface area contributed by atoms with Gasteiger partial charge in [0.15, 0.2) is 17.3 Å². The Morgan fingerprint density at radius 1 is 1.00 bits per heavy atom. The highest BCUT2D eigenvalue weighted by Crippen LogP contribution is 2.65. The Hall–Kier alpha value is -3.36. The minimum Gasteiger partial charge on any atom is -0.504 e. The molecule has 0 bridgehead atoms. The molecule has 0 aliphatic heterocycles. The van der Waals surface area contributed by atoms with Crippen molar-refractivity contribution in [2.45, 2.75) is 96.6 Å². The molecule has 3 fully saturated rings. The fraction of sp³-hybridized carbons (Fsp3) is 0.636. The highest BCUT2D eigenvalue weighted by molar-refractivity contribution is 5.91. The monoisotopic (exact) mass is 581 g/mol. The Bertz CT molecular complexity index is 1290. The van der Waals surface area contributed by atoms with Gasteiger partial charge in [0.05, 0.1) is 13.5 Å².